The Balaban J connectivity index is 1.36. The molecule has 5 nitrogen and oxygen atoms in total. The molecule has 1 N–H and O–H groups in total. The third-order valence-corrected chi connectivity index (χ3v) is 3.81. The van der Waals surface area contributed by atoms with Gasteiger partial charge >= 0.3 is 0 Å². The third kappa shape index (κ3) is 5.29. The van der Waals surface area contributed by atoms with E-state index in [9.17, 15) is 4.79 Å². The van der Waals surface area contributed by atoms with Gasteiger partial charge in [-0.1, -0.05) is 42.5 Å². The van der Waals surface area contributed by atoms with Crippen molar-refractivity contribution in [2.24, 2.45) is 0 Å². The molecule has 128 valence electrons. The van der Waals surface area contributed by atoms with Gasteiger partial charge in [0, 0.05) is 31.0 Å². The quantitative estimate of drug-likeness (QED) is 0.644. The molecular formula is C20H21N3O2. The van der Waals surface area contributed by atoms with Gasteiger partial charge in [-0.25, -0.2) is 4.98 Å². The summed E-state index contributed by atoms with van der Waals surface area (Å²) in [6, 6.07) is 18.0. The summed E-state index contributed by atoms with van der Waals surface area (Å²) in [5, 5.41) is 2.91. The summed E-state index contributed by atoms with van der Waals surface area (Å²) >= 11 is 0. The zero-order chi connectivity index (χ0) is 17.3. The average Bonchev–Trinajstić information content (AvgIpc) is 3.20. The van der Waals surface area contributed by atoms with E-state index in [1.165, 1.54) is 0 Å². The van der Waals surface area contributed by atoms with E-state index in [1.54, 1.807) is 12.5 Å². The van der Waals surface area contributed by atoms with Crippen LogP contribution in [0.5, 0.6) is 0 Å². The minimum atomic E-state index is -0.00764. The van der Waals surface area contributed by atoms with Crippen molar-refractivity contribution >= 4 is 5.91 Å². The zero-order valence-electron chi connectivity index (χ0n) is 14.0. The number of aromatic nitrogens is 2. The normalized spacial score (nSPS) is 10.6. The predicted octanol–water partition coefficient (Wildman–Crippen LogP) is 3.10. The van der Waals surface area contributed by atoms with Gasteiger partial charge in [0.05, 0.1) is 19.5 Å². The highest BCUT2D eigenvalue weighted by atomic mass is 16.5. The lowest BCUT2D eigenvalue weighted by atomic mass is 10.2. The summed E-state index contributed by atoms with van der Waals surface area (Å²) in [5.41, 5.74) is 3.21. The molecule has 0 spiro atoms. The fourth-order valence-corrected chi connectivity index (χ4v) is 2.42. The number of nitrogens with zero attached hydrogens (tertiary/aromatic N) is 2. The Bertz CT molecular complexity index is 768. The van der Waals surface area contributed by atoms with Crippen LogP contribution < -0.4 is 5.32 Å². The number of benzene rings is 2. The minimum absolute atomic E-state index is 0.00764. The van der Waals surface area contributed by atoms with E-state index in [0.717, 1.165) is 16.8 Å². The van der Waals surface area contributed by atoms with Crippen LogP contribution in [0.2, 0.25) is 0 Å². The number of hydrogen-bond acceptors (Lipinski definition) is 3. The van der Waals surface area contributed by atoms with Gasteiger partial charge in [-0.05, 0) is 23.3 Å². The van der Waals surface area contributed by atoms with Gasteiger partial charge in [-0.3, -0.25) is 4.79 Å². The molecule has 1 amide bonds. The molecule has 0 aliphatic rings. The molecular weight excluding hydrogens is 314 g/mol. The summed E-state index contributed by atoms with van der Waals surface area (Å²) in [4.78, 5) is 15.9. The van der Waals surface area contributed by atoms with Gasteiger partial charge < -0.3 is 14.6 Å². The third-order valence-electron chi connectivity index (χ3n) is 3.81. The number of amides is 1. The zero-order valence-corrected chi connectivity index (χ0v) is 14.0. The lowest BCUT2D eigenvalue weighted by Gasteiger charge is -2.08. The Morgan fingerprint density at radius 3 is 2.56 bits per heavy atom. The fraction of sp³-hybridized carbons (Fsp3) is 0.200. The number of carbonyl (C=O) groups excluding carboxylic acids is 1. The highest BCUT2D eigenvalue weighted by molar-refractivity contribution is 5.75. The van der Waals surface area contributed by atoms with Crippen LogP contribution in [0, 0.1) is 0 Å². The van der Waals surface area contributed by atoms with E-state index in [1.807, 2.05) is 65.4 Å². The standard InChI is InChI=1S/C20H21N3O2/c24-20(10-13-25-15-18-4-2-1-3-5-18)22-14-17-6-8-19(9-7-17)23-12-11-21-16-23/h1-9,11-12,16H,10,13-15H2,(H,22,24). The Labute approximate surface area is 147 Å². The van der Waals surface area contributed by atoms with E-state index in [2.05, 4.69) is 10.3 Å². The van der Waals surface area contributed by atoms with E-state index in [4.69, 9.17) is 4.74 Å². The SMILES string of the molecule is O=C(CCOCc1ccccc1)NCc1ccc(-n2ccnc2)cc1. The van der Waals surface area contributed by atoms with E-state index >= 15 is 0 Å². The molecule has 0 atom stereocenters. The number of ether oxygens (including phenoxy) is 1. The molecule has 1 aromatic heterocycles. The summed E-state index contributed by atoms with van der Waals surface area (Å²) < 4.78 is 7.47. The average molecular weight is 335 g/mol. The molecule has 0 saturated heterocycles. The van der Waals surface area contributed by atoms with Crippen LogP contribution in [0.25, 0.3) is 5.69 Å². The first-order valence-electron chi connectivity index (χ1n) is 8.27. The van der Waals surface area contributed by atoms with Crippen molar-refractivity contribution in [3.8, 4) is 5.69 Å². The van der Waals surface area contributed by atoms with Crippen LogP contribution in [0.15, 0.2) is 73.3 Å². The Kier molecular flexibility index (Phi) is 5.96. The topological polar surface area (TPSA) is 56.1 Å². The number of hydrogen-bond donors (Lipinski definition) is 1. The molecule has 5 heteroatoms. The number of carbonyl (C=O) groups is 1. The lowest BCUT2D eigenvalue weighted by molar-refractivity contribution is -0.122. The van der Waals surface area contributed by atoms with Gasteiger partial charge in [0.2, 0.25) is 5.91 Å². The number of nitrogens with one attached hydrogen (secondary N) is 1. The van der Waals surface area contributed by atoms with Gasteiger partial charge in [0.1, 0.15) is 0 Å². The molecule has 3 aromatic rings. The number of rotatable bonds is 8. The summed E-state index contributed by atoms with van der Waals surface area (Å²) in [6.45, 7) is 1.46. The smallest absolute Gasteiger partial charge is 0.222 e. The Hall–Kier alpha value is -2.92. The van der Waals surface area contributed by atoms with Crippen LogP contribution in [-0.2, 0) is 22.7 Å². The summed E-state index contributed by atoms with van der Waals surface area (Å²) in [6.07, 6.45) is 5.76. The Morgan fingerprint density at radius 2 is 1.84 bits per heavy atom. The van der Waals surface area contributed by atoms with Crippen molar-refractivity contribution in [2.45, 2.75) is 19.6 Å². The molecule has 0 unspecified atom stereocenters. The van der Waals surface area contributed by atoms with Gasteiger partial charge in [0.15, 0.2) is 0 Å². The fourth-order valence-electron chi connectivity index (χ4n) is 2.42. The predicted molar refractivity (Wildman–Crippen MR) is 96.1 cm³/mol. The first-order chi connectivity index (χ1) is 12.3. The maximum Gasteiger partial charge on any atom is 0.222 e. The van der Waals surface area contributed by atoms with Crippen LogP contribution in [0.4, 0.5) is 0 Å². The monoisotopic (exact) mass is 335 g/mol. The molecule has 1 heterocycles. The molecule has 0 bridgehead atoms. The summed E-state index contributed by atoms with van der Waals surface area (Å²) in [7, 11) is 0. The van der Waals surface area contributed by atoms with Crippen LogP contribution in [0.1, 0.15) is 17.5 Å². The van der Waals surface area contributed by atoms with Crippen LogP contribution >= 0.6 is 0 Å². The van der Waals surface area contributed by atoms with E-state index in [0.29, 0.717) is 26.2 Å². The molecule has 0 aliphatic carbocycles. The molecule has 25 heavy (non-hydrogen) atoms. The van der Waals surface area contributed by atoms with Crippen molar-refractivity contribution in [1.29, 1.82) is 0 Å². The molecule has 3 rings (SSSR count). The second-order valence-corrected chi connectivity index (χ2v) is 5.70. The van der Waals surface area contributed by atoms with Crippen LogP contribution in [0.3, 0.4) is 0 Å². The molecule has 0 radical (unpaired) electrons. The summed E-state index contributed by atoms with van der Waals surface area (Å²) in [5.74, 6) is -0.00764. The lowest BCUT2D eigenvalue weighted by Crippen LogP contribution is -2.23. The number of imidazole rings is 1. The minimum Gasteiger partial charge on any atom is -0.376 e. The largest absolute Gasteiger partial charge is 0.376 e. The van der Waals surface area contributed by atoms with Gasteiger partial charge in [-0.15, -0.1) is 0 Å². The maximum absolute atomic E-state index is 11.9. The highest BCUT2D eigenvalue weighted by Gasteiger charge is 2.02. The maximum atomic E-state index is 11.9. The van der Waals surface area contributed by atoms with Crippen molar-refractivity contribution in [1.82, 2.24) is 14.9 Å². The van der Waals surface area contributed by atoms with Crippen molar-refractivity contribution in [2.75, 3.05) is 6.61 Å². The molecule has 0 fully saturated rings. The highest BCUT2D eigenvalue weighted by Crippen LogP contribution is 2.09. The second-order valence-electron chi connectivity index (χ2n) is 5.70. The second kappa shape index (κ2) is 8.80. The molecule has 0 saturated carbocycles. The van der Waals surface area contributed by atoms with Crippen molar-refractivity contribution < 1.29 is 9.53 Å². The van der Waals surface area contributed by atoms with E-state index < -0.39 is 0 Å². The first kappa shape index (κ1) is 16.9. The van der Waals surface area contributed by atoms with Crippen LogP contribution in [-0.4, -0.2) is 22.1 Å². The van der Waals surface area contributed by atoms with Crippen molar-refractivity contribution in [3.05, 3.63) is 84.4 Å². The van der Waals surface area contributed by atoms with E-state index in [-0.39, 0.29) is 5.91 Å². The van der Waals surface area contributed by atoms with Gasteiger partial charge in [0.25, 0.3) is 0 Å². The van der Waals surface area contributed by atoms with Crippen molar-refractivity contribution in [3.63, 3.8) is 0 Å². The molecule has 0 aliphatic heterocycles. The first-order valence-corrected chi connectivity index (χ1v) is 8.27. The Morgan fingerprint density at radius 1 is 1.04 bits per heavy atom. The van der Waals surface area contributed by atoms with Gasteiger partial charge in [-0.2, -0.15) is 0 Å². The molecule has 2 aromatic carbocycles.